The maximum absolute atomic E-state index is 14.6. The van der Waals surface area contributed by atoms with Gasteiger partial charge in [-0.25, -0.2) is 9.18 Å². The number of alkyl carbamates (subject to hydrolysis) is 1. The molecule has 2 amide bonds. The molecule has 1 aliphatic carbocycles. The predicted octanol–water partition coefficient (Wildman–Crippen LogP) is 5.53. The van der Waals surface area contributed by atoms with E-state index in [2.05, 4.69) is 15.3 Å². The number of nitrogens with zero attached hydrogens (tertiary/aromatic N) is 4. The number of hydrogen-bond donors (Lipinski definition) is 1. The number of rotatable bonds is 4. The van der Waals surface area contributed by atoms with Crippen LogP contribution in [0.2, 0.25) is 0 Å². The van der Waals surface area contributed by atoms with Gasteiger partial charge in [0.2, 0.25) is 0 Å². The van der Waals surface area contributed by atoms with E-state index in [0.717, 1.165) is 75.0 Å². The number of aryl methyl sites for hydroxylation is 1. The van der Waals surface area contributed by atoms with Gasteiger partial charge in [0.1, 0.15) is 11.5 Å². The average molecular weight is 554 g/mol. The number of carbonyl (C=O) groups excluding carboxylic acids is 2. The number of aromatic nitrogens is 2. The summed E-state index contributed by atoms with van der Waals surface area (Å²) in [7, 11) is 0. The first-order valence-corrected chi connectivity index (χ1v) is 14.9. The van der Waals surface area contributed by atoms with Crippen molar-refractivity contribution in [2.75, 3.05) is 31.1 Å². The molecule has 2 fully saturated rings. The highest BCUT2D eigenvalue weighted by molar-refractivity contribution is 6.07. The SMILES string of the molecule is CCOC(=O)NC1CCCCC(N2CCC3(CC2)CN(C(=O)c2cc(C)nn2C(C)(C)C)c2ccc(F)cc23)C1. The number of anilines is 1. The Kier molecular flexibility index (Phi) is 7.97. The number of nitrogens with one attached hydrogen (secondary N) is 1. The summed E-state index contributed by atoms with van der Waals surface area (Å²) < 4.78 is 21.6. The summed E-state index contributed by atoms with van der Waals surface area (Å²) in [4.78, 5) is 30.5. The quantitative estimate of drug-likeness (QED) is 0.504. The molecule has 3 aliphatic rings. The normalized spacial score (nSPS) is 23.1. The van der Waals surface area contributed by atoms with E-state index in [-0.39, 0.29) is 34.8 Å². The molecule has 5 rings (SSSR count). The first-order valence-electron chi connectivity index (χ1n) is 14.9. The molecule has 218 valence electrons. The summed E-state index contributed by atoms with van der Waals surface area (Å²) in [5.74, 6) is -0.346. The van der Waals surface area contributed by atoms with Crippen LogP contribution < -0.4 is 10.2 Å². The second-order valence-electron chi connectivity index (χ2n) is 12.9. The van der Waals surface area contributed by atoms with E-state index in [0.29, 0.717) is 24.9 Å². The molecule has 1 saturated heterocycles. The molecule has 0 bridgehead atoms. The molecular weight excluding hydrogens is 509 g/mol. The summed E-state index contributed by atoms with van der Waals surface area (Å²) in [6.45, 7) is 12.5. The van der Waals surface area contributed by atoms with Crippen LogP contribution in [0.25, 0.3) is 0 Å². The highest BCUT2D eigenvalue weighted by atomic mass is 19.1. The third kappa shape index (κ3) is 5.62. The predicted molar refractivity (Wildman–Crippen MR) is 153 cm³/mol. The fourth-order valence-corrected chi connectivity index (χ4v) is 7.01. The number of halogens is 1. The minimum absolute atomic E-state index is 0.0839. The van der Waals surface area contributed by atoms with Crippen LogP contribution in [-0.2, 0) is 15.7 Å². The number of amides is 2. The van der Waals surface area contributed by atoms with Crippen LogP contribution in [0.4, 0.5) is 14.9 Å². The molecule has 2 atom stereocenters. The first kappa shape index (κ1) is 28.6. The lowest BCUT2D eigenvalue weighted by molar-refractivity contribution is 0.0921. The lowest BCUT2D eigenvalue weighted by Gasteiger charge is -2.43. The highest BCUT2D eigenvalue weighted by Crippen LogP contribution is 2.48. The smallest absolute Gasteiger partial charge is 0.407 e. The number of ether oxygens (including phenoxy) is 1. The van der Waals surface area contributed by atoms with Crippen molar-refractivity contribution in [2.24, 2.45) is 0 Å². The summed E-state index contributed by atoms with van der Waals surface area (Å²) in [6.07, 6.45) is 6.63. The van der Waals surface area contributed by atoms with Gasteiger partial charge in [0.25, 0.3) is 5.91 Å². The number of piperidine rings is 1. The lowest BCUT2D eigenvalue weighted by atomic mass is 9.74. The van der Waals surface area contributed by atoms with E-state index in [1.165, 1.54) is 6.07 Å². The Morgan fingerprint density at radius 3 is 2.58 bits per heavy atom. The van der Waals surface area contributed by atoms with E-state index in [9.17, 15) is 14.0 Å². The fourth-order valence-electron chi connectivity index (χ4n) is 7.01. The Bertz CT molecular complexity index is 1240. The molecule has 1 spiro atoms. The Morgan fingerprint density at radius 2 is 1.88 bits per heavy atom. The third-order valence-electron chi connectivity index (χ3n) is 8.98. The lowest BCUT2D eigenvalue weighted by Crippen LogP contribution is -2.50. The summed E-state index contributed by atoms with van der Waals surface area (Å²) in [5, 5.41) is 7.69. The topological polar surface area (TPSA) is 79.7 Å². The van der Waals surface area contributed by atoms with Crippen molar-refractivity contribution >= 4 is 17.7 Å². The van der Waals surface area contributed by atoms with Crippen LogP contribution in [0.1, 0.15) is 94.4 Å². The molecule has 1 aromatic heterocycles. The van der Waals surface area contributed by atoms with E-state index in [4.69, 9.17) is 4.74 Å². The van der Waals surface area contributed by atoms with Crippen molar-refractivity contribution < 1.29 is 18.7 Å². The Labute approximate surface area is 237 Å². The third-order valence-corrected chi connectivity index (χ3v) is 8.98. The largest absolute Gasteiger partial charge is 0.450 e. The van der Waals surface area contributed by atoms with Gasteiger partial charge in [-0.2, -0.15) is 5.10 Å². The Hall–Kier alpha value is -2.94. The molecule has 1 N–H and O–H groups in total. The molecule has 1 aromatic carbocycles. The number of benzene rings is 1. The van der Waals surface area contributed by atoms with Crippen molar-refractivity contribution in [3.63, 3.8) is 0 Å². The van der Waals surface area contributed by atoms with Gasteiger partial charge in [0, 0.05) is 29.7 Å². The number of carbonyl (C=O) groups is 2. The number of fused-ring (bicyclic) bond motifs is 2. The minimum Gasteiger partial charge on any atom is -0.450 e. The second kappa shape index (κ2) is 11.1. The zero-order chi connectivity index (χ0) is 28.7. The number of hydrogen-bond acceptors (Lipinski definition) is 5. The summed E-state index contributed by atoms with van der Waals surface area (Å²) >= 11 is 0. The van der Waals surface area contributed by atoms with Crippen molar-refractivity contribution in [1.82, 2.24) is 20.0 Å². The molecule has 2 aliphatic heterocycles. The average Bonchev–Trinajstić information content (AvgIpc) is 3.34. The highest BCUT2D eigenvalue weighted by Gasteiger charge is 2.48. The van der Waals surface area contributed by atoms with Gasteiger partial charge in [-0.15, -0.1) is 0 Å². The van der Waals surface area contributed by atoms with Gasteiger partial charge in [-0.1, -0.05) is 12.8 Å². The van der Waals surface area contributed by atoms with Gasteiger partial charge in [0.05, 0.1) is 17.8 Å². The zero-order valence-corrected chi connectivity index (χ0v) is 24.6. The van der Waals surface area contributed by atoms with Crippen LogP contribution in [0.3, 0.4) is 0 Å². The van der Waals surface area contributed by atoms with Crippen molar-refractivity contribution in [1.29, 1.82) is 0 Å². The fraction of sp³-hybridized carbons (Fsp3) is 0.645. The van der Waals surface area contributed by atoms with Crippen LogP contribution in [0.15, 0.2) is 24.3 Å². The van der Waals surface area contributed by atoms with Gasteiger partial charge in [0.15, 0.2) is 0 Å². The Morgan fingerprint density at radius 1 is 1.15 bits per heavy atom. The molecule has 2 unspecified atom stereocenters. The van der Waals surface area contributed by atoms with Crippen LogP contribution in [0.5, 0.6) is 0 Å². The van der Waals surface area contributed by atoms with Crippen molar-refractivity contribution in [3.8, 4) is 0 Å². The van der Waals surface area contributed by atoms with Crippen LogP contribution in [-0.4, -0.2) is 65.0 Å². The van der Waals surface area contributed by atoms with Crippen LogP contribution in [0, 0.1) is 12.7 Å². The molecule has 1 saturated carbocycles. The molecule has 0 radical (unpaired) electrons. The molecule has 2 aromatic rings. The van der Waals surface area contributed by atoms with Gasteiger partial charge < -0.3 is 19.9 Å². The summed E-state index contributed by atoms with van der Waals surface area (Å²) in [5.41, 5.74) is 2.51. The maximum Gasteiger partial charge on any atom is 0.407 e. The monoisotopic (exact) mass is 553 g/mol. The van der Waals surface area contributed by atoms with E-state index >= 15 is 0 Å². The maximum atomic E-state index is 14.6. The Balaban J connectivity index is 1.35. The first-order chi connectivity index (χ1) is 19.0. The van der Waals surface area contributed by atoms with E-state index in [1.54, 1.807) is 12.1 Å². The van der Waals surface area contributed by atoms with E-state index in [1.807, 2.05) is 50.3 Å². The van der Waals surface area contributed by atoms with Gasteiger partial charge in [-0.05, 0) is 110 Å². The molecule has 9 heteroatoms. The summed E-state index contributed by atoms with van der Waals surface area (Å²) in [6, 6.07) is 7.25. The molecule has 40 heavy (non-hydrogen) atoms. The number of likely N-dealkylation sites (tertiary alicyclic amines) is 1. The van der Waals surface area contributed by atoms with Crippen molar-refractivity contribution in [3.05, 3.63) is 47.0 Å². The zero-order valence-electron chi connectivity index (χ0n) is 24.6. The van der Waals surface area contributed by atoms with Crippen molar-refractivity contribution in [2.45, 2.75) is 103 Å². The van der Waals surface area contributed by atoms with Crippen LogP contribution >= 0.6 is 0 Å². The molecular formula is C31H44FN5O3. The van der Waals surface area contributed by atoms with Gasteiger partial charge in [-0.3, -0.25) is 9.48 Å². The second-order valence-corrected chi connectivity index (χ2v) is 12.9. The molecule has 3 heterocycles. The van der Waals surface area contributed by atoms with E-state index < -0.39 is 0 Å². The van der Waals surface area contributed by atoms with Gasteiger partial charge >= 0.3 is 6.09 Å². The minimum atomic E-state index is -0.341. The standard InChI is InChI=1S/C31H44FN5O3/c1-6-40-29(39)33-23-9-7-8-10-24(19-23)35-15-13-31(14-16-35)20-36(26-12-11-22(32)18-25(26)31)28(38)27-17-21(2)34-37(27)30(3,4)5/h11-12,17-18,23-24H,6-10,13-16,19-20H2,1-5H3,(H,33,39). The molecule has 8 nitrogen and oxygen atoms in total.